The lowest BCUT2D eigenvalue weighted by molar-refractivity contribution is -0.161. The fourth-order valence-corrected chi connectivity index (χ4v) is 1.24. The molecule has 0 aromatic rings. The molecule has 0 N–H and O–H groups in total. The maximum atomic E-state index is 11.5. The van der Waals surface area contributed by atoms with Gasteiger partial charge in [0.2, 0.25) is 0 Å². The highest BCUT2D eigenvalue weighted by molar-refractivity contribution is 5.74. The largest absolute Gasteiger partial charge is 0.464 e. The van der Waals surface area contributed by atoms with E-state index in [4.69, 9.17) is 18.9 Å². The molecule has 102 valence electrons. The smallest absolute Gasteiger partial charge is 0.335 e. The first-order valence-electron chi connectivity index (χ1n) is 5.98. The summed E-state index contributed by atoms with van der Waals surface area (Å²) in [6, 6.07) is 0. The Morgan fingerprint density at radius 2 is 1.76 bits per heavy atom. The number of ether oxygens (including phenoxy) is 4. The SMILES string of the molecule is CCOC(=O)C(OCCOCCOC)C(C)C. The summed E-state index contributed by atoms with van der Waals surface area (Å²) in [5, 5.41) is 0. The minimum absolute atomic E-state index is 0.0908. The van der Waals surface area contributed by atoms with Gasteiger partial charge in [-0.3, -0.25) is 0 Å². The number of hydrogen-bond donors (Lipinski definition) is 0. The third-order valence-electron chi connectivity index (χ3n) is 2.08. The van der Waals surface area contributed by atoms with E-state index in [2.05, 4.69) is 0 Å². The molecule has 0 fully saturated rings. The van der Waals surface area contributed by atoms with Crippen molar-refractivity contribution in [3.8, 4) is 0 Å². The Morgan fingerprint density at radius 1 is 1.12 bits per heavy atom. The fraction of sp³-hybridized carbons (Fsp3) is 0.917. The standard InChI is InChI=1S/C12H24O5/c1-5-16-12(13)11(10(2)3)17-9-8-15-7-6-14-4/h10-11H,5-9H2,1-4H3. The Balaban J connectivity index is 3.74. The van der Waals surface area contributed by atoms with Gasteiger partial charge < -0.3 is 18.9 Å². The summed E-state index contributed by atoms with van der Waals surface area (Å²) in [4.78, 5) is 11.5. The zero-order valence-corrected chi connectivity index (χ0v) is 11.2. The van der Waals surface area contributed by atoms with E-state index in [1.165, 1.54) is 0 Å². The molecule has 0 aliphatic carbocycles. The van der Waals surface area contributed by atoms with Crippen molar-refractivity contribution in [2.75, 3.05) is 40.1 Å². The third kappa shape index (κ3) is 8.12. The molecule has 0 aliphatic rings. The van der Waals surface area contributed by atoms with Crippen molar-refractivity contribution in [2.24, 2.45) is 5.92 Å². The van der Waals surface area contributed by atoms with E-state index in [1.54, 1.807) is 14.0 Å². The first kappa shape index (κ1) is 16.4. The van der Waals surface area contributed by atoms with Gasteiger partial charge in [-0.15, -0.1) is 0 Å². The Labute approximate surface area is 103 Å². The van der Waals surface area contributed by atoms with Crippen LogP contribution >= 0.6 is 0 Å². The van der Waals surface area contributed by atoms with E-state index in [9.17, 15) is 4.79 Å². The minimum Gasteiger partial charge on any atom is -0.464 e. The van der Waals surface area contributed by atoms with E-state index < -0.39 is 6.10 Å². The molecular formula is C12H24O5. The molecule has 1 atom stereocenters. The van der Waals surface area contributed by atoms with Gasteiger partial charge in [-0.05, 0) is 12.8 Å². The van der Waals surface area contributed by atoms with E-state index in [-0.39, 0.29) is 11.9 Å². The van der Waals surface area contributed by atoms with Gasteiger partial charge >= 0.3 is 5.97 Å². The lowest BCUT2D eigenvalue weighted by Crippen LogP contribution is -2.32. The molecule has 0 aromatic carbocycles. The van der Waals surface area contributed by atoms with Crippen molar-refractivity contribution in [3.63, 3.8) is 0 Å². The van der Waals surface area contributed by atoms with Gasteiger partial charge in [0.15, 0.2) is 6.10 Å². The van der Waals surface area contributed by atoms with Gasteiger partial charge in [0.25, 0.3) is 0 Å². The molecule has 17 heavy (non-hydrogen) atoms. The quantitative estimate of drug-likeness (QED) is 0.430. The third-order valence-corrected chi connectivity index (χ3v) is 2.08. The average Bonchev–Trinajstić information content (AvgIpc) is 2.27. The van der Waals surface area contributed by atoms with Gasteiger partial charge in [0, 0.05) is 7.11 Å². The molecule has 0 heterocycles. The topological polar surface area (TPSA) is 54.0 Å². The van der Waals surface area contributed by atoms with E-state index in [0.717, 1.165) is 0 Å². The highest BCUT2D eigenvalue weighted by atomic mass is 16.6. The zero-order valence-electron chi connectivity index (χ0n) is 11.2. The molecule has 0 radical (unpaired) electrons. The first-order chi connectivity index (χ1) is 8.13. The first-order valence-corrected chi connectivity index (χ1v) is 5.98. The van der Waals surface area contributed by atoms with E-state index in [1.807, 2.05) is 13.8 Å². The highest BCUT2D eigenvalue weighted by Gasteiger charge is 2.23. The normalized spacial score (nSPS) is 12.8. The molecule has 0 saturated carbocycles. The molecule has 0 spiro atoms. The summed E-state index contributed by atoms with van der Waals surface area (Å²) in [6.07, 6.45) is -0.513. The molecule has 0 rings (SSSR count). The van der Waals surface area contributed by atoms with Crippen molar-refractivity contribution in [1.82, 2.24) is 0 Å². The fourth-order valence-electron chi connectivity index (χ4n) is 1.24. The summed E-state index contributed by atoms with van der Waals surface area (Å²) in [5.74, 6) is -0.215. The van der Waals surface area contributed by atoms with Gasteiger partial charge in [0.05, 0.1) is 33.0 Å². The van der Waals surface area contributed by atoms with Crippen molar-refractivity contribution >= 4 is 5.97 Å². The Hall–Kier alpha value is -0.650. The molecule has 5 heteroatoms. The Bertz CT molecular complexity index is 193. The van der Waals surface area contributed by atoms with Crippen LogP contribution in [0.2, 0.25) is 0 Å². The van der Waals surface area contributed by atoms with Crippen LogP contribution < -0.4 is 0 Å². The second-order valence-corrected chi connectivity index (χ2v) is 3.89. The van der Waals surface area contributed by atoms with Crippen molar-refractivity contribution in [2.45, 2.75) is 26.9 Å². The van der Waals surface area contributed by atoms with Crippen LogP contribution in [-0.4, -0.2) is 52.2 Å². The summed E-state index contributed by atoms with van der Waals surface area (Å²) in [6.45, 7) is 7.92. The Kier molecular flexibility index (Phi) is 10.1. The second-order valence-electron chi connectivity index (χ2n) is 3.89. The maximum absolute atomic E-state index is 11.5. The summed E-state index contributed by atoms with van der Waals surface area (Å²) in [5.41, 5.74) is 0. The number of esters is 1. The average molecular weight is 248 g/mol. The molecule has 0 aromatic heterocycles. The zero-order chi connectivity index (χ0) is 13.1. The van der Waals surface area contributed by atoms with Crippen molar-refractivity contribution in [1.29, 1.82) is 0 Å². The van der Waals surface area contributed by atoms with Crippen molar-refractivity contribution < 1.29 is 23.7 Å². The predicted molar refractivity (Wildman–Crippen MR) is 63.9 cm³/mol. The Morgan fingerprint density at radius 3 is 2.29 bits per heavy atom. The maximum Gasteiger partial charge on any atom is 0.335 e. The molecular weight excluding hydrogens is 224 g/mol. The number of rotatable bonds is 10. The van der Waals surface area contributed by atoms with E-state index in [0.29, 0.717) is 33.0 Å². The molecule has 5 nitrogen and oxygen atoms in total. The monoisotopic (exact) mass is 248 g/mol. The van der Waals surface area contributed by atoms with Gasteiger partial charge in [-0.1, -0.05) is 13.8 Å². The predicted octanol–water partition coefficient (Wildman–Crippen LogP) is 1.25. The number of hydrogen-bond acceptors (Lipinski definition) is 5. The van der Waals surface area contributed by atoms with Crippen LogP contribution in [0.1, 0.15) is 20.8 Å². The summed E-state index contributed by atoms with van der Waals surface area (Å²) in [7, 11) is 1.62. The molecule has 0 bridgehead atoms. The summed E-state index contributed by atoms with van der Waals surface area (Å²) >= 11 is 0. The number of carbonyl (C=O) groups excluding carboxylic acids is 1. The minimum atomic E-state index is -0.513. The van der Waals surface area contributed by atoms with Crippen LogP contribution in [0.3, 0.4) is 0 Å². The summed E-state index contributed by atoms with van der Waals surface area (Å²) < 4.78 is 20.5. The lowest BCUT2D eigenvalue weighted by atomic mass is 10.1. The van der Waals surface area contributed by atoms with Crippen LogP contribution in [0.4, 0.5) is 0 Å². The van der Waals surface area contributed by atoms with Crippen LogP contribution in [-0.2, 0) is 23.7 Å². The van der Waals surface area contributed by atoms with E-state index >= 15 is 0 Å². The lowest BCUT2D eigenvalue weighted by Gasteiger charge is -2.19. The van der Waals surface area contributed by atoms with Gasteiger partial charge in [-0.2, -0.15) is 0 Å². The van der Waals surface area contributed by atoms with Crippen LogP contribution in [0.5, 0.6) is 0 Å². The highest BCUT2D eigenvalue weighted by Crippen LogP contribution is 2.08. The van der Waals surface area contributed by atoms with Crippen molar-refractivity contribution in [3.05, 3.63) is 0 Å². The number of methoxy groups -OCH3 is 1. The molecule has 0 saturated heterocycles. The van der Waals surface area contributed by atoms with Crippen LogP contribution in [0.15, 0.2) is 0 Å². The molecule has 0 amide bonds. The van der Waals surface area contributed by atoms with Gasteiger partial charge in [0.1, 0.15) is 0 Å². The second kappa shape index (κ2) is 10.5. The molecule has 0 aliphatic heterocycles. The van der Waals surface area contributed by atoms with Crippen LogP contribution in [0.25, 0.3) is 0 Å². The van der Waals surface area contributed by atoms with Crippen LogP contribution in [0, 0.1) is 5.92 Å². The van der Waals surface area contributed by atoms with Gasteiger partial charge in [-0.25, -0.2) is 4.79 Å². The molecule has 1 unspecified atom stereocenters. The number of carbonyl (C=O) groups is 1.